The van der Waals surface area contributed by atoms with E-state index in [0.29, 0.717) is 13.3 Å². The summed E-state index contributed by atoms with van der Waals surface area (Å²) in [5.41, 5.74) is 2.16. The molecule has 4 rings (SSSR count). The maximum Gasteiger partial charge on any atom is 0.231 e. The molecule has 24 heavy (non-hydrogen) atoms. The first kappa shape index (κ1) is 15.1. The van der Waals surface area contributed by atoms with Crippen LogP contribution in [0.25, 0.3) is 11.3 Å². The lowest BCUT2D eigenvalue weighted by Crippen LogP contribution is -2.11. The smallest absolute Gasteiger partial charge is 0.231 e. The zero-order valence-electron chi connectivity index (χ0n) is 12.9. The highest BCUT2D eigenvalue weighted by Gasteiger charge is 2.13. The Morgan fingerprint density at radius 2 is 1.71 bits per heavy atom. The number of ether oxygens (including phenoxy) is 2. The Hall–Kier alpha value is -2.43. The van der Waals surface area contributed by atoms with Crippen LogP contribution in [0.3, 0.4) is 0 Å². The fraction of sp³-hybridized carbons (Fsp3) is 0.158. The average Bonchev–Trinajstić information content (AvgIpc) is 3.24. The number of benzene rings is 2. The fourth-order valence-electron chi connectivity index (χ4n) is 2.62. The van der Waals surface area contributed by atoms with Gasteiger partial charge in [0, 0.05) is 17.1 Å². The van der Waals surface area contributed by atoms with Crippen molar-refractivity contribution in [3.8, 4) is 22.8 Å². The van der Waals surface area contributed by atoms with Crippen molar-refractivity contribution >= 4 is 11.6 Å². The minimum atomic E-state index is 0.298. The van der Waals surface area contributed by atoms with E-state index in [1.54, 1.807) is 0 Å². The lowest BCUT2D eigenvalue weighted by Gasteiger charge is -2.04. The molecule has 1 N–H and O–H groups in total. The van der Waals surface area contributed by atoms with Crippen molar-refractivity contribution in [3.05, 3.63) is 70.9 Å². The molecule has 3 aromatic rings. The van der Waals surface area contributed by atoms with Crippen molar-refractivity contribution in [2.24, 2.45) is 0 Å². The number of furan rings is 1. The van der Waals surface area contributed by atoms with Gasteiger partial charge in [-0.3, -0.25) is 0 Å². The van der Waals surface area contributed by atoms with Crippen molar-refractivity contribution in [3.63, 3.8) is 0 Å². The summed E-state index contributed by atoms with van der Waals surface area (Å²) in [6.45, 7) is 1.68. The lowest BCUT2D eigenvalue weighted by molar-refractivity contribution is 0.174. The predicted molar refractivity (Wildman–Crippen MR) is 92.3 cm³/mol. The monoisotopic (exact) mass is 341 g/mol. The number of hydrogen-bond donors (Lipinski definition) is 1. The maximum atomic E-state index is 5.91. The summed E-state index contributed by atoms with van der Waals surface area (Å²) in [5, 5.41) is 4.09. The van der Waals surface area contributed by atoms with Crippen LogP contribution in [0, 0.1) is 0 Å². The van der Waals surface area contributed by atoms with Crippen LogP contribution in [0.5, 0.6) is 11.5 Å². The van der Waals surface area contributed by atoms with Gasteiger partial charge in [0.05, 0.1) is 6.54 Å². The Morgan fingerprint density at radius 1 is 0.875 bits per heavy atom. The van der Waals surface area contributed by atoms with Crippen LogP contribution in [0.15, 0.2) is 59.0 Å². The van der Waals surface area contributed by atoms with Crippen molar-refractivity contribution in [2.75, 3.05) is 6.79 Å². The van der Waals surface area contributed by atoms with E-state index in [1.807, 2.05) is 54.6 Å². The topological polar surface area (TPSA) is 43.6 Å². The van der Waals surface area contributed by atoms with Gasteiger partial charge in [-0.1, -0.05) is 17.7 Å². The number of fused-ring (bicyclic) bond motifs is 1. The highest BCUT2D eigenvalue weighted by Crippen LogP contribution is 2.32. The minimum absolute atomic E-state index is 0.298. The summed E-state index contributed by atoms with van der Waals surface area (Å²) >= 11 is 5.91. The predicted octanol–water partition coefficient (Wildman–Crippen LogP) is 4.62. The molecule has 1 aromatic heterocycles. The molecule has 0 saturated heterocycles. The second-order valence-electron chi connectivity index (χ2n) is 5.56. The quantitative estimate of drug-likeness (QED) is 0.735. The van der Waals surface area contributed by atoms with Gasteiger partial charge in [0.15, 0.2) is 11.5 Å². The van der Waals surface area contributed by atoms with Gasteiger partial charge in [0.25, 0.3) is 0 Å². The van der Waals surface area contributed by atoms with E-state index in [2.05, 4.69) is 5.32 Å². The first-order valence-electron chi connectivity index (χ1n) is 7.72. The standard InChI is InChI=1S/C19H16ClNO3/c20-15-4-2-14(3-5-15)17-8-6-16(24-17)11-21-10-13-1-7-18-19(9-13)23-12-22-18/h1-9,21H,10-12H2. The molecular weight excluding hydrogens is 326 g/mol. The van der Waals surface area contributed by atoms with Crippen LogP contribution >= 0.6 is 11.6 Å². The Bertz CT molecular complexity index is 842. The van der Waals surface area contributed by atoms with Crippen LogP contribution in [0.4, 0.5) is 0 Å². The number of nitrogens with one attached hydrogen (secondary N) is 1. The summed E-state index contributed by atoms with van der Waals surface area (Å²) in [5.74, 6) is 3.34. The molecule has 1 aliphatic heterocycles. The lowest BCUT2D eigenvalue weighted by atomic mass is 10.2. The van der Waals surface area contributed by atoms with Crippen LogP contribution in [0.1, 0.15) is 11.3 Å². The van der Waals surface area contributed by atoms with Crippen molar-refractivity contribution in [2.45, 2.75) is 13.1 Å². The summed E-state index contributed by atoms with van der Waals surface area (Å²) in [6.07, 6.45) is 0. The number of halogens is 1. The Kier molecular flexibility index (Phi) is 4.15. The Balaban J connectivity index is 1.36. The maximum absolute atomic E-state index is 5.91. The van der Waals surface area contributed by atoms with E-state index in [-0.39, 0.29) is 0 Å². The first-order chi connectivity index (χ1) is 11.8. The summed E-state index contributed by atoms with van der Waals surface area (Å²) in [7, 11) is 0. The zero-order chi connectivity index (χ0) is 16.4. The first-order valence-corrected chi connectivity index (χ1v) is 8.10. The molecule has 5 heteroatoms. The van der Waals surface area contributed by atoms with Crippen molar-refractivity contribution in [1.29, 1.82) is 0 Å². The largest absolute Gasteiger partial charge is 0.460 e. The molecule has 2 heterocycles. The van der Waals surface area contributed by atoms with E-state index in [1.165, 1.54) is 0 Å². The van der Waals surface area contributed by atoms with Gasteiger partial charge < -0.3 is 19.2 Å². The molecule has 0 fully saturated rings. The molecule has 0 radical (unpaired) electrons. The third-order valence-electron chi connectivity index (χ3n) is 3.86. The Labute approximate surface area is 145 Å². The number of hydrogen-bond acceptors (Lipinski definition) is 4. The summed E-state index contributed by atoms with van der Waals surface area (Å²) in [6, 6.07) is 17.5. The molecule has 0 amide bonds. The van der Waals surface area contributed by atoms with Crippen LogP contribution < -0.4 is 14.8 Å². The van der Waals surface area contributed by atoms with Crippen LogP contribution in [-0.2, 0) is 13.1 Å². The molecule has 0 saturated carbocycles. The van der Waals surface area contributed by atoms with Gasteiger partial charge in [0.2, 0.25) is 6.79 Å². The van der Waals surface area contributed by atoms with Gasteiger partial charge in [-0.15, -0.1) is 0 Å². The molecule has 0 bridgehead atoms. The van der Waals surface area contributed by atoms with Crippen molar-refractivity contribution in [1.82, 2.24) is 5.32 Å². The molecule has 0 unspecified atom stereocenters. The molecule has 0 aliphatic carbocycles. The normalized spacial score (nSPS) is 12.5. The van der Waals surface area contributed by atoms with Gasteiger partial charge in [-0.25, -0.2) is 0 Å². The molecule has 1 aliphatic rings. The van der Waals surface area contributed by atoms with E-state index in [0.717, 1.165) is 45.7 Å². The third-order valence-corrected chi connectivity index (χ3v) is 4.11. The van der Waals surface area contributed by atoms with Crippen LogP contribution in [0.2, 0.25) is 5.02 Å². The second-order valence-corrected chi connectivity index (χ2v) is 6.00. The van der Waals surface area contributed by atoms with Gasteiger partial charge in [-0.05, 0) is 54.1 Å². The minimum Gasteiger partial charge on any atom is -0.460 e. The second kappa shape index (κ2) is 6.59. The number of rotatable bonds is 5. The van der Waals surface area contributed by atoms with Crippen LogP contribution in [-0.4, -0.2) is 6.79 Å². The molecule has 0 spiro atoms. The highest BCUT2D eigenvalue weighted by molar-refractivity contribution is 6.30. The molecule has 2 aromatic carbocycles. The van der Waals surface area contributed by atoms with E-state index in [4.69, 9.17) is 25.5 Å². The molecular formula is C19H16ClNO3. The highest BCUT2D eigenvalue weighted by atomic mass is 35.5. The third kappa shape index (κ3) is 3.25. The van der Waals surface area contributed by atoms with Gasteiger partial charge in [-0.2, -0.15) is 0 Å². The van der Waals surface area contributed by atoms with E-state index < -0.39 is 0 Å². The summed E-state index contributed by atoms with van der Waals surface area (Å²) < 4.78 is 16.6. The SMILES string of the molecule is Clc1ccc(-c2ccc(CNCc3ccc4c(c3)OCO4)o2)cc1. The van der Waals surface area contributed by atoms with Crippen molar-refractivity contribution < 1.29 is 13.9 Å². The van der Waals surface area contributed by atoms with E-state index >= 15 is 0 Å². The summed E-state index contributed by atoms with van der Waals surface area (Å²) in [4.78, 5) is 0. The van der Waals surface area contributed by atoms with E-state index in [9.17, 15) is 0 Å². The average molecular weight is 342 g/mol. The molecule has 0 atom stereocenters. The van der Waals surface area contributed by atoms with Gasteiger partial charge in [0.1, 0.15) is 11.5 Å². The fourth-order valence-corrected chi connectivity index (χ4v) is 2.75. The zero-order valence-corrected chi connectivity index (χ0v) is 13.7. The molecule has 122 valence electrons. The molecule has 4 nitrogen and oxygen atoms in total. The Morgan fingerprint density at radius 3 is 2.58 bits per heavy atom. The van der Waals surface area contributed by atoms with Gasteiger partial charge >= 0.3 is 0 Å².